The molecule has 17 nitrogen and oxygen atoms in total. The summed E-state index contributed by atoms with van der Waals surface area (Å²) in [6, 6.07) is 4.50. The number of likely N-dealkylation sites (N-methyl/N-ethyl adjacent to an activating group) is 2. The highest BCUT2D eigenvalue weighted by molar-refractivity contribution is 8.00. The lowest BCUT2D eigenvalue weighted by atomic mass is 9.76. The Kier molecular flexibility index (Phi) is 18.1. The number of thioether (sulfide) groups is 1. The number of amides is 6. The van der Waals surface area contributed by atoms with Crippen molar-refractivity contribution in [1.82, 2.24) is 31.1 Å². The van der Waals surface area contributed by atoms with E-state index >= 15 is 0 Å². The summed E-state index contributed by atoms with van der Waals surface area (Å²) in [7, 11) is 3.26. The Bertz CT molecular complexity index is 1710. The maximum atomic E-state index is 14.2. The van der Waals surface area contributed by atoms with E-state index < -0.39 is 94.2 Å². The molecule has 0 bridgehead atoms. The van der Waals surface area contributed by atoms with E-state index in [0.29, 0.717) is 0 Å². The number of benzene rings is 1. The zero-order valence-electron chi connectivity index (χ0n) is 35.1. The number of nitrogens with two attached hydrogens (primary N) is 1. The quantitative estimate of drug-likeness (QED) is 0.0671. The van der Waals surface area contributed by atoms with Gasteiger partial charge in [0.05, 0.1) is 23.8 Å². The number of carboxylic acids is 2. The van der Waals surface area contributed by atoms with Crippen LogP contribution in [0, 0.1) is 11.3 Å². The Morgan fingerprint density at radius 2 is 1.59 bits per heavy atom. The van der Waals surface area contributed by atoms with Crippen molar-refractivity contribution in [2.24, 2.45) is 17.1 Å². The van der Waals surface area contributed by atoms with Gasteiger partial charge in [0.15, 0.2) is 0 Å². The van der Waals surface area contributed by atoms with Gasteiger partial charge in [-0.15, -0.1) is 11.8 Å². The summed E-state index contributed by atoms with van der Waals surface area (Å²) in [6.45, 7) is 14.1. The molecule has 0 aliphatic carbocycles. The number of nitrogens with zero attached hydrogens (tertiary/aromatic N) is 2. The molecule has 0 saturated carbocycles. The monoisotopic (exact) mass is 831 g/mol. The van der Waals surface area contributed by atoms with Gasteiger partial charge < -0.3 is 42.1 Å². The van der Waals surface area contributed by atoms with E-state index in [0.717, 1.165) is 22.2 Å². The summed E-state index contributed by atoms with van der Waals surface area (Å²) in [5, 5.41) is 28.7. The van der Waals surface area contributed by atoms with Crippen LogP contribution in [-0.2, 0) is 43.8 Å². The number of aliphatic carboxylic acids is 2. The van der Waals surface area contributed by atoms with Gasteiger partial charge in [-0.2, -0.15) is 0 Å². The Morgan fingerprint density at radius 1 is 0.983 bits per heavy atom. The van der Waals surface area contributed by atoms with E-state index in [9.17, 15) is 43.5 Å². The molecule has 18 heteroatoms. The minimum atomic E-state index is -1.53. The van der Waals surface area contributed by atoms with Crippen LogP contribution in [0.5, 0.6) is 0 Å². The van der Waals surface area contributed by atoms with Crippen LogP contribution in [-0.4, -0.2) is 136 Å². The smallest absolute Gasteiger partial charge is 0.321 e. The average Bonchev–Trinajstić information content (AvgIpc) is 3.41. The highest BCUT2D eigenvalue weighted by Crippen LogP contribution is 2.29. The maximum absolute atomic E-state index is 14.2. The lowest BCUT2D eigenvalue weighted by molar-refractivity contribution is -0.141. The zero-order valence-corrected chi connectivity index (χ0v) is 35.9. The van der Waals surface area contributed by atoms with E-state index in [4.69, 9.17) is 10.8 Å². The van der Waals surface area contributed by atoms with Gasteiger partial charge in [-0.05, 0) is 30.9 Å². The van der Waals surface area contributed by atoms with Gasteiger partial charge in [0.2, 0.25) is 35.4 Å². The molecule has 0 spiro atoms. The molecule has 6 atom stereocenters. The molecule has 1 aromatic carbocycles. The van der Waals surface area contributed by atoms with Crippen LogP contribution in [0.1, 0.15) is 73.8 Å². The molecule has 322 valence electrons. The molecule has 1 saturated heterocycles. The second-order valence-corrected chi connectivity index (χ2v) is 17.7. The van der Waals surface area contributed by atoms with Crippen LogP contribution >= 0.6 is 11.8 Å². The molecule has 1 aliphatic heterocycles. The van der Waals surface area contributed by atoms with Crippen molar-refractivity contribution in [3.63, 3.8) is 0 Å². The van der Waals surface area contributed by atoms with Crippen LogP contribution in [0.3, 0.4) is 0 Å². The Morgan fingerprint density at radius 3 is 2.10 bits per heavy atom. The first-order valence-electron chi connectivity index (χ1n) is 19.1. The van der Waals surface area contributed by atoms with Gasteiger partial charge in [0, 0.05) is 43.3 Å². The van der Waals surface area contributed by atoms with Crippen molar-refractivity contribution in [3.05, 3.63) is 47.5 Å². The van der Waals surface area contributed by atoms with Gasteiger partial charge in [-0.25, -0.2) is 0 Å². The zero-order chi connectivity index (χ0) is 44.3. The lowest BCUT2D eigenvalue weighted by Gasteiger charge is -2.40. The molecule has 1 heterocycles. The molecule has 8 N–H and O–H groups in total. The highest BCUT2D eigenvalue weighted by Gasteiger charge is 2.42. The fourth-order valence-electron chi connectivity index (χ4n) is 6.54. The molecular weight excluding hydrogens is 771 g/mol. The third-order valence-corrected chi connectivity index (χ3v) is 11.4. The summed E-state index contributed by atoms with van der Waals surface area (Å²) in [5.41, 5.74) is 5.16. The third-order valence-electron chi connectivity index (χ3n) is 10.1. The van der Waals surface area contributed by atoms with Crippen molar-refractivity contribution in [2.75, 3.05) is 32.9 Å². The van der Waals surface area contributed by atoms with Crippen LogP contribution in [0.4, 0.5) is 0 Å². The van der Waals surface area contributed by atoms with Crippen molar-refractivity contribution < 1.29 is 48.6 Å². The van der Waals surface area contributed by atoms with Crippen molar-refractivity contribution in [1.29, 1.82) is 0 Å². The number of carbonyl (C=O) groups excluding carboxylic acids is 6. The van der Waals surface area contributed by atoms with E-state index in [1.807, 2.05) is 78.8 Å². The number of nitrogens with one attached hydrogen (secondary N) is 4. The van der Waals surface area contributed by atoms with Gasteiger partial charge >= 0.3 is 11.9 Å². The van der Waals surface area contributed by atoms with Gasteiger partial charge in [0.1, 0.15) is 18.1 Å². The van der Waals surface area contributed by atoms with Crippen molar-refractivity contribution in [3.8, 4) is 0 Å². The second kappa shape index (κ2) is 21.3. The van der Waals surface area contributed by atoms with E-state index in [2.05, 4.69) is 21.3 Å². The first-order valence-corrected chi connectivity index (χ1v) is 20.1. The van der Waals surface area contributed by atoms with Gasteiger partial charge in [-0.1, -0.05) is 84.9 Å². The van der Waals surface area contributed by atoms with E-state index in [1.165, 1.54) is 11.8 Å². The van der Waals surface area contributed by atoms with Gasteiger partial charge in [0.25, 0.3) is 0 Å². The number of imide groups is 1. The summed E-state index contributed by atoms with van der Waals surface area (Å²) in [5.74, 6) is -6.41. The van der Waals surface area contributed by atoms with Crippen LogP contribution in [0.25, 0.3) is 0 Å². The number of carbonyl (C=O) groups is 8. The van der Waals surface area contributed by atoms with Crippen molar-refractivity contribution in [2.45, 2.75) is 109 Å². The third kappa shape index (κ3) is 13.4. The SMILES string of the molecule is CN[C@H](C(=O)NC(C(=O)N(C)[C@H](/C=C(\C)C(=O)N[C@@H](CC(=O)O)C(=O)NCCN1C(=O)CC(SC[C@H](N)C(=O)O)C1=O)C(C)C)C(C)(C)C)C(C)(C)c1ccccc1. The highest BCUT2D eigenvalue weighted by atomic mass is 32.2. The number of carboxylic acid groups (broad SMARTS) is 2. The van der Waals surface area contributed by atoms with Crippen molar-refractivity contribution >= 4 is 59.1 Å². The predicted molar refractivity (Wildman–Crippen MR) is 219 cm³/mol. The second-order valence-electron chi connectivity index (χ2n) is 16.4. The summed E-state index contributed by atoms with van der Waals surface area (Å²) in [6.07, 6.45) is 0.607. The first kappa shape index (κ1) is 49.3. The molecule has 58 heavy (non-hydrogen) atoms. The summed E-state index contributed by atoms with van der Waals surface area (Å²) < 4.78 is 0. The van der Waals surface area contributed by atoms with Gasteiger partial charge in [-0.3, -0.25) is 43.3 Å². The largest absolute Gasteiger partial charge is 0.481 e. The van der Waals surface area contributed by atoms with Crippen LogP contribution in [0.15, 0.2) is 42.0 Å². The molecule has 1 fully saturated rings. The van der Waals surface area contributed by atoms with E-state index in [1.54, 1.807) is 20.2 Å². The number of rotatable bonds is 21. The molecule has 1 aromatic rings. The fourth-order valence-corrected chi connectivity index (χ4v) is 7.65. The molecule has 0 aromatic heterocycles. The number of likely N-dealkylation sites (tertiary alicyclic amines) is 1. The molecule has 6 amide bonds. The minimum Gasteiger partial charge on any atom is -0.481 e. The molecule has 0 radical (unpaired) electrons. The minimum absolute atomic E-state index is 0.0836. The summed E-state index contributed by atoms with van der Waals surface area (Å²) >= 11 is 0.948. The first-order chi connectivity index (χ1) is 26.8. The molecule has 1 aliphatic rings. The van der Waals surface area contributed by atoms with Crippen LogP contribution in [0.2, 0.25) is 0 Å². The topological polar surface area (TPSA) is 258 Å². The predicted octanol–water partition coefficient (Wildman–Crippen LogP) is 0.861. The fraction of sp³-hybridized carbons (Fsp3) is 0.600. The lowest BCUT2D eigenvalue weighted by Crippen LogP contribution is -2.61. The summed E-state index contributed by atoms with van der Waals surface area (Å²) in [4.78, 5) is 105. The average molecular weight is 832 g/mol. The number of hydrogen-bond donors (Lipinski definition) is 7. The number of hydrogen-bond acceptors (Lipinski definition) is 11. The Labute approximate surface area is 344 Å². The van der Waals surface area contributed by atoms with Crippen LogP contribution < -0.4 is 27.0 Å². The standard InChI is InChI=1S/C40H61N7O10S/c1-22(2)27(46(10)37(55)32(39(4,5)6)45-35(53)31(42-9)40(7,8)24-14-12-11-13-15-24)18-23(3)33(51)44-26(19-30(49)50)34(52)43-16-17-47-29(48)20-28(36(47)54)58-21-25(41)38(56)57/h11-15,18,22,25-28,31-32,42H,16-17,19-21,41H2,1-10H3,(H,43,52)(H,44,51)(H,45,53)(H,49,50)(H,56,57)/b23-18+/t25-,26-,27+,28?,31+,32?/m0/s1. The maximum Gasteiger partial charge on any atom is 0.321 e. The molecule has 2 unspecified atom stereocenters. The Hall–Kier alpha value is -4.81. The normalized spacial score (nSPS) is 17.6. The Balaban J connectivity index is 2.19. The molecular formula is C40H61N7O10S. The molecule has 2 rings (SSSR count). The van der Waals surface area contributed by atoms with E-state index in [-0.39, 0.29) is 42.7 Å².